The molecule has 2 aromatic heterocycles. The second-order valence-electron chi connectivity index (χ2n) is 6.84. The van der Waals surface area contributed by atoms with Gasteiger partial charge < -0.3 is 18.5 Å². The fourth-order valence-electron chi connectivity index (χ4n) is 3.30. The van der Waals surface area contributed by atoms with Crippen LogP contribution in [-0.4, -0.2) is 38.5 Å². The molecule has 1 amide bonds. The highest BCUT2D eigenvalue weighted by atomic mass is 32.2. The first kappa shape index (κ1) is 19.5. The van der Waals surface area contributed by atoms with Crippen molar-refractivity contribution < 1.29 is 26.8 Å². The van der Waals surface area contributed by atoms with Crippen LogP contribution in [0.1, 0.15) is 29.2 Å². The van der Waals surface area contributed by atoms with Gasteiger partial charge in [-0.2, -0.15) is 0 Å². The summed E-state index contributed by atoms with van der Waals surface area (Å²) in [6.45, 7) is 1.29. The quantitative estimate of drug-likeness (QED) is 0.586. The number of rotatable bonds is 7. The van der Waals surface area contributed by atoms with E-state index in [1.165, 1.54) is 24.3 Å². The van der Waals surface area contributed by atoms with Crippen molar-refractivity contribution in [3.8, 4) is 0 Å². The summed E-state index contributed by atoms with van der Waals surface area (Å²) in [4.78, 5) is 14.7. The lowest BCUT2D eigenvalue weighted by atomic mass is 10.2. The number of hydrogen-bond donors (Lipinski definition) is 0. The van der Waals surface area contributed by atoms with Gasteiger partial charge in [0.2, 0.25) is 14.9 Å². The fraction of sp³-hybridized carbons (Fsp3) is 0.286. The first-order chi connectivity index (χ1) is 14.0. The van der Waals surface area contributed by atoms with Crippen LogP contribution >= 0.6 is 0 Å². The smallest absolute Gasteiger partial charge is 0.290 e. The summed E-state index contributed by atoms with van der Waals surface area (Å²) in [7, 11) is -3.83. The molecule has 0 saturated carbocycles. The van der Waals surface area contributed by atoms with Crippen LogP contribution in [-0.2, 0) is 21.1 Å². The van der Waals surface area contributed by atoms with Crippen LogP contribution in [0.4, 0.5) is 0 Å². The lowest BCUT2D eigenvalue weighted by Gasteiger charge is -2.23. The molecule has 1 unspecified atom stereocenters. The summed E-state index contributed by atoms with van der Waals surface area (Å²) < 4.78 is 41.9. The van der Waals surface area contributed by atoms with Crippen molar-refractivity contribution in [2.24, 2.45) is 0 Å². The van der Waals surface area contributed by atoms with Crippen LogP contribution in [0.15, 0.2) is 79.7 Å². The van der Waals surface area contributed by atoms with Crippen molar-refractivity contribution >= 4 is 15.7 Å². The van der Waals surface area contributed by atoms with E-state index in [-0.39, 0.29) is 28.4 Å². The Balaban J connectivity index is 1.57. The Kier molecular flexibility index (Phi) is 5.55. The molecule has 29 heavy (non-hydrogen) atoms. The number of hydrogen-bond acceptors (Lipinski definition) is 6. The Morgan fingerprint density at radius 3 is 2.59 bits per heavy atom. The van der Waals surface area contributed by atoms with E-state index in [9.17, 15) is 13.2 Å². The fourth-order valence-corrected chi connectivity index (χ4v) is 4.49. The molecular weight excluding hydrogens is 394 g/mol. The zero-order chi connectivity index (χ0) is 20.3. The maximum absolute atomic E-state index is 13.1. The topological polar surface area (TPSA) is 90.0 Å². The summed E-state index contributed by atoms with van der Waals surface area (Å²) in [5, 5.41) is -0.262. The molecule has 0 spiro atoms. The van der Waals surface area contributed by atoms with Crippen molar-refractivity contribution in [2.45, 2.75) is 35.5 Å². The van der Waals surface area contributed by atoms with Crippen LogP contribution in [0.2, 0.25) is 0 Å². The number of ether oxygens (including phenoxy) is 1. The largest absolute Gasteiger partial charge is 0.467 e. The molecule has 0 radical (unpaired) electrons. The van der Waals surface area contributed by atoms with Crippen molar-refractivity contribution in [3.63, 3.8) is 0 Å². The highest BCUT2D eigenvalue weighted by Gasteiger charge is 2.28. The molecule has 1 aromatic carbocycles. The maximum atomic E-state index is 13.1. The zero-order valence-electron chi connectivity index (χ0n) is 15.7. The van der Waals surface area contributed by atoms with Crippen molar-refractivity contribution in [1.29, 1.82) is 0 Å². The minimum atomic E-state index is -3.83. The van der Waals surface area contributed by atoms with E-state index in [2.05, 4.69) is 0 Å². The van der Waals surface area contributed by atoms with Crippen molar-refractivity contribution in [1.82, 2.24) is 4.90 Å². The molecule has 1 atom stereocenters. The number of furan rings is 2. The van der Waals surface area contributed by atoms with E-state index in [1.807, 2.05) is 0 Å². The Bertz CT molecular complexity index is 1050. The third-order valence-electron chi connectivity index (χ3n) is 4.77. The molecule has 3 heterocycles. The van der Waals surface area contributed by atoms with E-state index in [0.29, 0.717) is 18.9 Å². The standard InChI is InChI=1S/C21H21NO6S/c23-21(22(14-16-6-4-12-26-16)15-17-7-5-13-27-17)19-10-11-20(28-19)29(24,25)18-8-2-1-3-9-18/h1-4,6,8-12,17H,5,7,13-15H2. The molecule has 0 bridgehead atoms. The van der Waals surface area contributed by atoms with Gasteiger partial charge in [-0.15, -0.1) is 0 Å². The third-order valence-corrected chi connectivity index (χ3v) is 6.41. The highest BCUT2D eigenvalue weighted by molar-refractivity contribution is 7.91. The first-order valence-electron chi connectivity index (χ1n) is 9.37. The van der Waals surface area contributed by atoms with Crippen LogP contribution in [0.3, 0.4) is 0 Å². The number of sulfone groups is 1. The lowest BCUT2D eigenvalue weighted by molar-refractivity contribution is 0.0464. The third kappa shape index (κ3) is 4.28. The molecule has 1 saturated heterocycles. The van der Waals surface area contributed by atoms with E-state index in [0.717, 1.165) is 12.8 Å². The average molecular weight is 415 g/mol. The molecule has 4 rings (SSSR count). The Morgan fingerprint density at radius 1 is 1.07 bits per heavy atom. The van der Waals surface area contributed by atoms with E-state index >= 15 is 0 Å². The molecule has 1 aliphatic heterocycles. The Labute approximate surface area is 168 Å². The van der Waals surface area contributed by atoms with Gasteiger partial charge in [0.05, 0.1) is 23.8 Å². The number of carbonyl (C=O) groups is 1. The lowest BCUT2D eigenvalue weighted by Crippen LogP contribution is -2.36. The molecule has 1 aliphatic rings. The Morgan fingerprint density at radius 2 is 1.90 bits per heavy atom. The molecule has 0 aliphatic carbocycles. The molecule has 3 aromatic rings. The second-order valence-corrected chi connectivity index (χ2v) is 8.72. The van der Waals surface area contributed by atoms with E-state index in [1.54, 1.807) is 41.5 Å². The van der Waals surface area contributed by atoms with Gasteiger partial charge in [-0.25, -0.2) is 8.42 Å². The Hall–Kier alpha value is -2.84. The van der Waals surface area contributed by atoms with Gasteiger partial charge in [0.1, 0.15) is 5.76 Å². The summed E-state index contributed by atoms with van der Waals surface area (Å²) in [5.41, 5.74) is 0. The van der Waals surface area contributed by atoms with Gasteiger partial charge in [-0.1, -0.05) is 18.2 Å². The van der Waals surface area contributed by atoms with Crippen LogP contribution in [0, 0.1) is 0 Å². The number of carbonyl (C=O) groups excluding carboxylic acids is 1. The summed E-state index contributed by atoms with van der Waals surface area (Å²) in [6, 6.07) is 14.2. The first-order valence-corrected chi connectivity index (χ1v) is 10.9. The number of nitrogens with zero attached hydrogens (tertiary/aromatic N) is 1. The van der Waals surface area contributed by atoms with Crippen molar-refractivity contribution in [2.75, 3.05) is 13.2 Å². The van der Waals surface area contributed by atoms with Gasteiger partial charge in [0.25, 0.3) is 5.91 Å². The monoisotopic (exact) mass is 415 g/mol. The minimum Gasteiger partial charge on any atom is -0.467 e. The van der Waals surface area contributed by atoms with E-state index in [4.69, 9.17) is 13.6 Å². The van der Waals surface area contributed by atoms with Crippen LogP contribution < -0.4 is 0 Å². The highest BCUT2D eigenvalue weighted by Crippen LogP contribution is 2.24. The van der Waals surface area contributed by atoms with Gasteiger partial charge in [0, 0.05) is 13.2 Å². The molecule has 0 N–H and O–H groups in total. The predicted molar refractivity (Wildman–Crippen MR) is 103 cm³/mol. The van der Waals surface area contributed by atoms with Gasteiger partial charge in [-0.05, 0) is 49.2 Å². The number of amides is 1. The maximum Gasteiger partial charge on any atom is 0.290 e. The average Bonchev–Trinajstić information content (AvgIpc) is 3.50. The van der Waals surface area contributed by atoms with Crippen LogP contribution in [0.5, 0.6) is 0 Å². The molecule has 8 heteroatoms. The summed E-state index contributed by atoms with van der Waals surface area (Å²) >= 11 is 0. The normalized spacial score (nSPS) is 16.8. The van der Waals surface area contributed by atoms with Gasteiger partial charge >= 0.3 is 0 Å². The van der Waals surface area contributed by atoms with Gasteiger partial charge in [0.15, 0.2) is 5.76 Å². The zero-order valence-corrected chi connectivity index (χ0v) is 16.5. The molecule has 152 valence electrons. The summed E-state index contributed by atoms with van der Waals surface area (Å²) in [6.07, 6.45) is 3.31. The molecule has 7 nitrogen and oxygen atoms in total. The number of benzene rings is 1. The van der Waals surface area contributed by atoms with Crippen molar-refractivity contribution in [3.05, 3.63) is 72.4 Å². The SMILES string of the molecule is O=C(c1ccc(S(=O)(=O)c2ccccc2)o1)N(Cc1ccco1)CC1CCCO1. The van der Waals surface area contributed by atoms with Gasteiger partial charge in [-0.3, -0.25) is 4.79 Å². The minimum absolute atomic E-state index is 0.0379. The second kappa shape index (κ2) is 8.26. The predicted octanol–water partition coefficient (Wildman–Crippen LogP) is 3.53. The van der Waals surface area contributed by atoms with Crippen LogP contribution in [0.25, 0.3) is 0 Å². The molecular formula is C21H21NO6S. The van der Waals surface area contributed by atoms with E-state index < -0.39 is 15.7 Å². The summed E-state index contributed by atoms with van der Waals surface area (Å²) in [5.74, 6) is 0.176. The molecule has 1 fully saturated rings.